The second kappa shape index (κ2) is 4.85. The van der Waals surface area contributed by atoms with E-state index < -0.39 is 0 Å². The Morgan fingerprint density at radius 3 is 2.68 bits per heavy atom. The maximum atomic E-state index is 12.4. The van der Waals surface area contributed by atoms with Crippen molar-refractivity contribution in [2.45, 2.75) is 18.8 Å². The van der Waals surface area contributed by atoms with Gasteiger partial charge in [0.2, 0.25) is 0 Å². The van der Waals surface area contributed by atoms with Gasteiger partial charge in [-0.3, -0.25) is 9.36 Å². The zero-order valence-corrected chi connectivity index (χ0v) is 12.4. The van der Waals surface area contributed by atoms with Crippen LogP contribution in [0.4, 0.5) is 0 Å². The summed E-state index contributed by atoms with van der Waals surface area (Å²) in [7, 11) is 0. The number of hydrogen-bond donors (Lipinski definition) is 1. The molecule has 2 heterocycles. The summed E-state index contributed by atoms with van der Waals surface area (Å²) in [5.41, 5.74) is 1.62. The molecule has 0 saturated heterocycles. The molecule has 4 rings (SSSR count). The number of nitrogens with zero attached hydrogens (tertiary/aromatic N) is 2. The van der Waals surface area contributed by atoms with Gasteiger partial charge >= 0.3 is 0 Å². The van der Waals surface area contributed by atoms with Gasteiger partial charge in [0.25, 0.3) is 5.56 Å². The lowest BCUT2D eigenvalue weighted by molar-refractivity contribution is 0.479. The zero-order chi connectivity index (χ0) is 15.3. The Morgan fingerprint density at radius 1 is 1.18 bits per heavy atom. The van der Waals surface area contributed by atoms with Gasteiger partial charge in [0.05, 0.1) is 16.1 Å². The van der Waals surface area contributed by atoms with Gasteiger partial charge in [0, 0.05) is 17.7 Å². The molecule has 22 heavy (non-hydrogen) atoms. The minimum absolute atomic E-state index is 0.0573. The largest absolute Gasteiger partial charge is 0.507 e. The molecular formula is C17H13ClN2O2. The standard InChI is InChI=1S/C17H13ClN2O2/c18-12-3-1-2-4-14(12)20-16(22)9-15(21)11-7-8-13(10-5-6-10)19-17(11)20/h1-4,7-10,21H,5-6H2. The van der Waals surface area contributed by atoms with E-state index in [1.807, 2.05) is 24.3 Å². The fourth-order valence-electron chi connectivity index (χ4n) is 2.67. The summed E-state index contributed by atoms with van der Waals surface area (Å²) < 4.78 is 1.46. The average Bonchev–Trinajstić information content (AvgIpc) is 3.33. The summed E-state index contributed by atoms with van der Waals surface area (Å²) in [6.45, 7) is 0. The van der Waals surface area contributed by atoms with Crippen LogP contribution in [0.2, 0.25) is 5.02 Å². The van der Waals surface area contributed by atoms with Crippen LogP contribution < -0.4 is 5.56 Å². The van der Waals surface area contributed by atoms with Crippen molar-refractivity contribution in [1.82, 2.24) is 9.55 Å². The van der Waals surface area contributed by atoms with E-state index in [9.17, 15) is 9.90 Å². The molecule has 0 atom stereocenters. The second-order valence-corrected chi connectivity index (χ2v) is 5.94. The number of pyridine rings is 2. The first-order valence-corrected chi connectivity index (χ1v) is 7.53. The van der Waals surface area contributed by atoms with Crippen LogP contribution in [0.1, 0.15) is 24.5 Å². The molecule has 1 aliphatic rings. The van der Waals surface area contributed by atoms with Crippen molar-refractivity contribution in [2.75, 3.05) is 0 Å². The monoisotopic (exact) mass is 312 g/mol. The molecule has 0 unspecified atom stereocenters. The van der Waals surface area contributed by atoms with Gasteiger partial charge in [0.15, 0.2) is 5.65 Å². The molecule has 0 radical (unpaired) electrons. The molecule has 1 aromatic carbocycles. The lowest BCUT2D eigenvalue weighted by Crippen LogP contribution is -2.19. The summed E-state index contributed by atoms with van der Waals surface area (Å²) in [5.74, 6) is 0.402. The van der Waals surface area contributed by atoms with Crippen molar-refractivity contribution < 1.29 is 5.11 Å². The predicted octanol–water partition coefficient (Wildman–Crippen LogP) is 3.62. The van der Waals surface area contributed by atoms with Crippen LogP contribution in [0.15, 0.2) is 47.3 Å². The topological polar surface area (TPSA) is 55.1 Å². The van der Waals surface area contributed by atoms with Crippen LogP contribution in [0, 0.1) is 0 Å². The molecule has 4 nitrogen and oxygen atoms in total. The maximum Gasteiger partial charge on any atom is 0.260 e. The Balaban J connectivity index is 2.10. The molecule has 1 fully saturated rings. The molecule has 1 saturated carbocycles. The summed E-state index contributed by atoms with van der Waals surface area (Å²) >= 11 is 6.24. The van der Waals surface area contributed by atoms with Crippen molar-refractivity contribution in [3.63, 3.8) is 0 Å². The maximum absolute atomic E-state index is 12.4. The number of fused-ring (bicyclic) bond motifs is 1. The van der Waals surface area contributed by atoms with E-state index in [0.717, 1.165) is 18.5 Å². The van der Waals surface area contributed by atoms with E-state index in [1.54, 1.807) is 12.1 Å². The molecule has 3 aromatic rings. The molecule has 1 aliphatic carbocycles. The molecule has 0 spiro atoms. The van der Waals surface area contributed by atoms with E-state index in [0.29, 0.717) is 27.7 Å². The first-order chi connectivity index (χ1) is 10.6. The Hall–Kier alpha value is -2.33. The highest BCUT2D eigenvalue weighted by Crippen LogP contribution is 2.40. The lowest BCUT2D eigenvalue weighted by atomic mass is 10.2. The number of para-hydroxylation sites is 1. The fourth-order valence-corrected chi connectivity index (χ4v) is 2.89. The summed E-state index contributed by atoms with van der Waals surface area (Å²) in [6, 6.07) is 12.1. The highest BCUT2D eigenvalue weighted by Gasteiger charge is 2.26. The lowest BCUT2D eigenvalue weighted by Gasteiger charge is -2.12. The second-order valence-electron chi connectivity index (χ2n) is 5.54. The fraction of sp³-hybridized carbons (Fsp3) is 0.176. The van der Waals surface area contributed by atoms with Gasteiger partial charge < -0.3 is 5.11 Å². The Kier molecular flexibility index (Phi) is 2.94. The highest BCUT2D eigenvalue weighted by atomic mass is 35.5. The summed E-state index contributed by atoms with van der Waals surface area (Å²) in [5, 5.41) is 11.1. The first-order valence-electron chi connectivity index (χ1n) is 7.16. The van der Waals surface area contributed by atoms with Crippen LogP contribution in [-0.4, -0.2) is 14.7 Å². The number of benzene rings is 1. The number of aromatic hydroxyl groups is 1. The number of rotatable bonds is 2. The minimum Gasteiger partial charge on any atom is -0.507 e. The SMILES string of the molecule is O=c1cc(O)c2ccc(C3CC3)nc2n1-c1ccccc1Cl. The van der Waals surface area contributed by atoms with Crippen molar-refractivity contribution in [3.05, 3.63) is 63.5 Å². The van der Waals surface area contributed by atoms with Crippen LogP contribution in [0.5, 0.6) is 5.75 Å². The van der Waals surface area contributed by atoms with Crippen molar-refractivity contribution >= 4 is 22.6 Å². The normalized spacial score (nSPS) is 14.4. The Labute approximate surface area is 131 Å². The van der Waals surface area contributed by atoms with Gasteiger partial charge in [-0.1, -0.05) is 23.7 Å². The van der Waals surface area contributed by atoms with Crippen molar-refractivity contribution in [3.8, 4) is 11.4 Å². The quantitative estimate of drug-likeness (QED) is 0.786. The van der Waals surface area contributed by atoms with Crippen LogP contribution in [0.25, 0.3) is 16.7 Å². The van der Waals surface area contributed by atoms with E-state index in [4.69, 9.17) is 11.6 Å². The summed E-state index contributed by atoms with van der Waals surface area (Å²) in [6.07, 6.45) is 2.24. The summed E-state index contributed by atoms with van der Waals surface area (Å²) in [4.78, 5) is 17.0. The Bertz CT molecular complexity index is 945. The molecule has 1 N–H and O–H groups in total. The third kappa shape index (κ3) is 2.07. The zero-order valence-electron chi connectivity index (χ0n) is 11.7. The number of halogens is 1. The molecule has 0 aliphatic heterocycles. The first kappa shape index (κ1) is 13.3. The van der Waals surface area contributed by atoms with Gasteiger partial charge in [0.1, 0.15) is 5.75 Å². The van der Waals surface area contributed by atoms with Gasteiger partial charge in [-0.2, -0.15) is 0 Å². The molecule has 5 heteroatoms. The molecule has 0 amide bonds. The third-order valence-corrected chi connectivity index (χ3v) is 4.27. The van der Waals surface area contributed by atoms with E-state index in [-0.39, 0.29) is 11.3 Å². The minimum atomic E-state index is -0.349. The van der Waals surface area contributed by atoms with Crippen LogP contribution >= 0.6 is 11.6 Å². The molecule has 110 valence electrons. The molecular weight excluding hydrogens is 300 g/mol. The van der Waals surface area contributed by atoms with Gasteiger partial charge in [-0.15, -0.1) is 0 Å². The highest BCUT2D eigenvalue weighted by molar-refractivity contribution is 6.32. The van der Waals surface area contributed by atoms with Gasteiger partial charge in [-0.25, -0.2) is 4.98 Å². The number of hydrogen-bond acceptors (Lipinski definition) is 3. The number of aromatic nitrogens is 2. The van der Waals surface area contributed by atoms with E-state index in [1.165, 1.54) is 10.6 Å². The predicted molar refractivity (Wildman–Crippen MR) is 86.0 cm³/mol. The average molecular weight is 313 g/mol. The van der Waals surface area contributed by atoms with Crippen LogP contribution in [0.3, 0.4) is 0 Å². The van der Waals surface area contributed by atoms with E-state index >= 15 is 0 Å². The van der Waals surface area contributed by atoms with Gasteiger partial charge in [-0.05, 0) is 37.1 Å². The molecule has 0 bridgehead atoms. The van der Waals surface area contributed by atoms with E-state index in [2.05, 4.69) is 4.98 Å². The molecule has 2 aromatic heterocycles. The van der Waals surface area contributed by atoms with Crippen molar-refractivity contribution in [2.24, 2.45) is 0 Å². The Morgan fingerprint density at radius 2 is 1.95 bits per heavy atom. The van der Waals surface area contributed by atoms with Crippen molar-refractivity contribution in [1.29, 1.82) is 0 Å². The third-order valence-electron chi connectivity index (χ3n) is 3.95. The smallest absolute Gasteiger partial charge is 0.260 e. The van der Waals surface area contributed by atoms with Crippen LogP contribution in [-0.2, 0) is 0 Å².